The Bertz CT molecular complexity index is 1040. The molecule has 0 saturated carbocycles. The van der Waals surface area contributed by atoms with Crippen molar-refractivity contribution < 1.29 is 9.53 Å². The van der Waals surface area contributed by atoms with Gasteiger partial charge >= 0.3 is 6.03 Å². The van der Waals surface area contributed by atoms with E-state index in [-0.39, 0.29) is 18.2 Å². The molecule has 0 radical (unpaired) electrons. The second kappa shape index (κ2) is 10.3. The van der Waals surface area contributed by atoms with Crippen LogP contribution in [0, 0.1) is 0 Å². The van der Waals surface area contributed by atoms with E-state index < -0.39 is 0 Å². The van der Waals surface area contributed by atoms with Gasteiger partial charge in [0.15, 0.2) is 0 Å². The number of rotatable bonds is 6. The lowest BCUT2D eigenvalue weighted by atomic mass is 10.0. The number of halogens is 4. The van der Waals surface area contributed by atoms with Crippen LogP contribution in [0.4, 0.5) is 4.79 Å². The largest absolute Gasteiger partial charge is 0.362 e. The van der Waals surface area contributed by atoms with E-state index in [0.29, 0.717) is 39.7 Å². The predicted octanol–water partition coefficient (Wildman–Crippen LogP) is 7.00. The van der Waals surface area contributed by atoms with Gasteiger partial charge in [0.1, 0.15) is 6.10 Å². The lowest BCUT2D eigenvalue weighted by molar-refractivity contribution is -0.0645. The summed E-state index contributed by atoms with van der Waals surface area (Å²) in [7, 11) is 0. The standard InChI is InChI=1S/C24H20Cl4N2O2/c25-18-6-1-15(2-7-18)23(16-3-8-19(26)9-4-16)32-21-13-30(14-21)24(31)29-12-17-5-10-20(27)11-22(17)28/h1-11,21,23H,12-14H2,(H,29,31). The first kappa shape index (κ1) is 23.2. The van der Waals surface area contributed by atoms with Gasteiger partial charge in [-0.25, -0.2) is 4.79 Å². The molecule has 0 aromatic heterocycles. The average Bonchev–Trinajstić information content (AvgIpc) is 2.74. The van der Waals surface area contributed by atoms with Crippen molar-refractivity contribution in [1.82, 2.24) is 10.2 Å². The molecule has 1 saturated heterocycles. The lowest BCUT2D eigenvalue weighted by Crippen LogP contribution is -2.57. The van der Waals surface area contributed by atoms with Crippen molar-refractivity contribution in [3.63, 3.8) is 0 Å². The molecule has 1 aliphatic rings. The second-order valence-electron chi connectivity index (χ2n) is 7.54. The molecule has 4 rings (SSSR count). The Labute approximate surface area is 207 Å². The minimum Gasteiger partial charge on any atom is -0.362 e. The van der Waals surface area contributed by atoms with Gasteiger partial charge in [0, 0.05) is 26.6 Å². The summed E-state index contributed by atoms with van der Waals surface area (Å²) in [4.78, 5) is 14.2. The van der Waals surface area contributed by atoms with E-state index in [1.54, 1.807) is 23.1 Å². The highest BCUT2D eigenvalue weighted by Crippen LogP contribution is 2.31. The zero-order valence-electron chi connectivity index (χ0n) is 16.9. The molecule has 3 aromatic rings. The van der Waals surface area contributed by atoms with Crippen molar-refractivity contribution in [3.05, 3.63) is 104 Å². The molecule has 4 nitrogen and oxygen atoms in total. The monoisotopic (exact) mass is 508 g/mol. The lowest BCUT2D eigenvalue weighted by Gasteiger charge is -2.40. The van der Waals surface area contributed by atoms with Gasteiger partial charge in [-0.3, -0.25) is 0 Å². The topological polar surface area (TPSA) is 41.6 Å². The third-order valence-corrected chi connectivity index (χ3v) is 6.35. The van der Waals surface area contributed by atoms with Crippen LogP contribution in [0.1, 0.15) is 22.8 Å². The van der Waals surface area contributed by atoms with Crippen LogP contribution in [0.2, 0.25) is 20.1 Å². The highest BCUT2D eigenvalue weighted by Gasteiger charge is 2.34. The molecule has 0 spiro atoms. The molecular weight excluding hydrogens is 490 g/mol. The molecule has 166 valence electrons. The molecule has 32 heavy (non-hydrogen) atoms. The van der Waals surface area contributed by atoms with Crippen LogP contribution in [0.5, 0.6) is 0 Å². The zero-order valence-corrected chi connectivity index (χ0v) is 19.9. The van der Waals surface area contributed by atoms with Crippen LogP contribution in [0.25, 0.3) is 0 Å². The van der Waals surface area contributed by atoms with E-state index >= 15 is 0 Å². The smallest absolute Gasteiger partial charge is 0.317 e. The van der Waals surface area contributed by atoms with Crippen molar-refractivity contribution in [2.45, 2.75) is 18.8 Å². The van der Waals surface area contributed by atoms with Crippen LogP contribution in [0.15, 0.2) is 66.7 Å². The van der Waals surface area contributed by atoms with Gasteiger partial charge in [-0.15, -0.1) is 0 Å². The fourth-order valence-electron chi connectivity index (χ4n) is 3.45. The van der Waals surface area contributed by atoms with Gasteiger partial charge in [-0.1, -0.05) is 76.7 Å². The number of likely N-dealkylation sites (tertiary alicyclic amines) is 1. The SMILES string of the molecule is O=C(NCc1ccc(Cl)cc1Cl)N1CC(OC(c2ccc(Cl)cc2)c2ccc(Cl)cc2)C1. The summed E-state index contributed by atoms with van der Waals surface area (Å²) in [5, 5.41) is 5.29. The van der Waals surface area contributed by atoms with Crippen molar-refractivity contribution in [1.29, 1.82) is 0 Å². The van der Waals surface area contributed by atoms with Crippen LogP contribution in [-0.4, -0.2) is 30.1 Å². The van der Waals surface area contributed by atoms with Crippen LogP contribution in [0.3, 0.4) is 0 Å². The zero-order chi connectivity index (χ0) is 22.7. The predicted molar refractivity (Wildman–Crippen MR) is 130 cm³/mol. The van der Waals surface area contributed by atoms with Crippen molar-refractivity contribution in [3.8, 4) is 0 Å². The summed E-state index contributed by atoms with van der Waals surface area (Å²) in [5.41, 5.74) is 2.78. The molecule has 0 unspecified atom stereocenters. The second-order valence-corrected chi connectivity index (χ2v) is 9.26. The Balaban J connectivity index is 1.36. The molecular formula is C24H20Cl4N2O2. The highest BCUT2D eigenvalue weighted by molar-refractivity contribution is 6.35. The summed E-state index contributed by atoms with van der Waals surface area (Å²) in [6, 6.07) is 20.2. The van der Waals surface area contributed by atoms with Gasteiger partial charge in [0.05, 0.1) is 19.2 Å². The minimum atomic E-state index is -0.285. The number of hydrogen-bond donors (Lipinski definition) is 1. The van der Waals surface area contributed by atoms with E-state index in [0.717, 1.165) is 16.7 Å². The first-order valence-electron chi connectivity index (χ1n) is 10.0. The first-order chi connectivity index (χ1) is 15.4. The Morgan fingerprint density at radius 3 is 1.94 bits per heavy atom. The van der Waals surface area contributed by atoms with E-state index in [1.165, 1.54) is 0 Å². The maximum Gasteiger partial charge on any atom is 0.317 e. The summed E-state index contributed by atoms with van der Waals surface area (Å²) in [6.07, 6.45) is -0.371. The highest BCUT2D eigenvalue weighted by atomic mass is 35.5. The Hall–Kier alpha value is -1.95. The molecule has 0 bridgehead atoms. The Morgan fingerprint density at radius 2 is 1.41 bits per heavy atom. The maximum absolute atomic E-state index is 12.5. The van der Waals surface area contributed by atoms with Gasteiger partial charge in [-0.05, 0) is 53.1 Å². The number of ether oxygens (including phenoxy) is 1. The van der Waals surface area contributed by atoms with Gasteiger partial charge in [-0.2, -0.15) is 0 Å². The fraction of sp³-hybridized carbons (Fsp3) is 0.208. The van der Waals surface area contributed by atoms with Crippen LogP contribution < -0.4 is 5.32 Å². The molecule has 0 aliphatic carbocycles. The quantitative estimate of drug-likeness (QED) is 0.388. The number of carbonyl (C=O) groups excluding carboxylic acids is 1. The number of hydrogen-bond acceptors (Lipinski definition) is 2. The molecule has 0 atom stereocenters. The van der Waals surface area contributed by atoms with Crippen LogP contribution in [-0.2, 0) is 11.3 Å². The summed E-state index contributed by atoms with van der Waals surface area (Å²) in [6.45, 7) is 1.32. The van der Waals surface area contributed by atoms with Crippen molar-refractivity contribution in [2.24, 2.45) is 0 Å². The molecule has 3 aromatic carbocycles. The summed E-state index contributed by atoms with van der Waals surface area (Å²) in [5.74, 6) is 0. The summed E-state index contributed by atoms with van der Waals surface area (Å²) < 4.78 is 6.37. The number of nitrogens with one attached hydrogen (secondary N) is 1. The first-order valence-corrected chi connectivity index (χ1v) is 11.5. The van der Waals surface area contributed by atoms with Gasteiger partial charge in [0.2, 0.25) is 0 Å². The number of amides is 2. The third-order valence-electron chi connectivity index (χ3n) is 5.25. The normalized spacial score (nSPS) is 13.8. The van der Waals surface area contributed by atoms with Crippen molar-refractivity contribution >= 4 is 52.4 Å². The van der Waals surface area contributed by atoms with E-state index in [9.17, 15) is 4.79 Å². The van der Waals surface area contributed by atoms with E-state index in [4.69, 9.17) is 51.1 Å². The number of carbonyl (C=O) groups is 1. The number of urea groups is 1. The summed E-state index contributed by atoms with van der Waals surface area (Å²) >= 11 is 24.2. The molecule has 1 fully saturated rings. The molecule has 1 aliphatic heterocycles. The maximum atomic E-state index is 12.5. The van der Waals surface area contributed by atoms with Crippen molar-refractivity contribution in [2.75, 3.05) is 13.1 Å². The average molecular weight is 510 g/mol. The van der Waals surface area contributed by atoms with E-state index in [2.05, 4.69) is 5.32 Å². The fourth-order valence-corrected chi connectivity index (χ4v) is 4.18. The Morgan fingerprint density at radius 1 is 0.875 bits per heavy atom. The van der Waals surface area contributed by atoms with Gasteiger partial charge < -0.3 is 15.0 Å². The molecule has 1 N–H and O–H groups in total. The molecule has 1 heterocycles. The third kappa shape index (κ3) is 5.69. The molecule has 8 heteroatoms. The van der Waals surface area contributed by atoms with Gasteiger partial charge in [0.25, 0.3) is 0 Å². The minimum absolute atomic E-state index is 0.0868. The molecule has 2 amide bonds. The number of benzene rings is 3. The number of nitrogens with zero attached hydrogens (tertiary/aromatic N) is 1. The van der Waals surface area contributed by atoms with Crippen LogP contribution >= 0.6 is 46.4 Å². The van der Waals surface area contributed by atoms with E-state index in [1.807, 2.05) is 48.5 Å². The Kier molecular flexibility index (Phi) is 7.49.